The molecule has 2 aromatic rings. The van der Waals surface area contributed by atoms with Crippen LogP contribution in [-0.2, 0) is 32.0 Å². The number of nitrogens with one attached hydrogen (secondary N) is 2. The lowest BCUT2D eigenvalue weighted by molar-refractivity contribution is -0.152. The molecule has 0 spiro atoms. The average Bonchev–Trinajstić information content (AvgIpc) is 2.91. The summed E-state index contributed by atoms with van der Waals surface area (Å²) in [6.45, 7) is 7.40. The van der Waals surface area contributed by atoms with Crippen LogP contribution in [0, 0.1) is 17.3 Å². The van der Waals surface area contributed by atoms with E-state index in [4.69, 9.17) is 9.84 Å². The number of ether oxygens (including phenoxy) is 1. The molecule has 0 fully saturated rings. The van der Waals surface area contributed by atoms with Crippen molar-refractivity contribution in [1.29, 1.82) is 0 Å². The first-order valence-corrected chi connectivity index (χ1v) is 13.4. The summed E-state index contributed by atoms with van der Waals surface area (Å²) in [6, 6.07) is 12.3. The summed E-state index contributed by atoms with van der Waals surface area (Å²) in [5.74, 6) is -1.57. The molecule has 0 aliphatic rings. The van der Waals surface area contributed by atoms with E-state index in [1.54, 1.807) is 43.3 Å². The Bertz CT molecular complexity index is 1070. The molecule has 5 N–H and O–H groups in total. The molecule has 214 valence electrons. The largest absolute Gasteiger partial charge is 0.508 e. The van der Waals surface area contributed by atoms with Gasteiger partial charge in [0.05, 0.1) is 12.5 Å². The summed E-state index contributed by atoms with van der Waals surface area (Å²) >= 11 is 0. The molecule has 39 heavy (non-hydrogen) atoms. The van der Waals surface area contributed by atoms with Gasteiger partial charge in [-0.1, -0.05) is 52.0 Å². The first-order valence-electron chi connectivity index (χ1n) is 13.4. The molecule has 2 aromatic carbocycles. The quantitative estimate of drug-likeness (QED) is 0.218. The third kappa shape index (κ3) is 9.58. The molecule has 0 saturated carbocycles. The zero-order valence-corrected chi connectivity index (χ0v) is 23.3. The molecule has 2 unspecified atom stereocenters. The highest BCUT2D eigenvalue weighted by atomic mass is 16.5. The van der Waals surface area contributed by atoms with E-state index < -0.39 is 23.3 Å². The molecular weight excluding hydrogens is 500 g/mol. The lowest BCUT2D eigenvalue weighted by atomic mass is 9.71. The monoisotopic (exact) mass is 542 g/mol. The number of aliphatic hydroxyl groups excluding tert-OH is 1. The molecule has 2 amide bonds. The predicted molar refractivity (Wildman–Crippen MR) is 148 cm³/mol. The zero-order valence-electron chi connectivity index (χ0n) is 23.3. The maximum Gasteiger partial charge on any atom is 0.309 e. The van der Waals surface area contributed by atoms with E-state index in [9.17, 15) is 24.6 Å². The Balaban J connectivity index is 2.20. The van der Waals surface area contributed by atoms with Crippen LogP contribution < -0.4 is 10.6 Å². The fourth-order valence-electron chi connectivity index (χ4n) is 4.28. The number of benzene rings is 2. The summed E-state index contributed by atoms with van der Waals surface area (Å²) in [7, 11) is 0. The predicted octanol–water partition coefficient (Wildman–Crippen LogP) is 3.10. The summed E-state index contributed by atoms with van der Waals surface area (Å²) in [5, 5.41) is 33.9. The molecule has 9 nitrogen and oxygen atoms in total. The topological polar surface area (TPSA) is 145 Å². The molecule has 0 aromatic heterocycles. The number of hydrogen-bond acceptors (Lipinski definition) is 7. The Morgan fingerprint density at radius 3 is 2.03 bits per heavy atom. The van der Waals surface area contributed by atoms with Gasteiger partial charge in [-0.3, -0.25) is 14.4 Å². The second kappa shape index (κ2) is 15.1. The zero-order chi connectivity index (χ0) is 29.0. The summed E-state index contributed by atoms with van der Waals surface area (Å²) in [5.41, 5.74) is 0.730. The molecule has 0 aliphatic carbocycles. The number of hydrogen-bond donors (Lipinski definition) is 5. The fraction of sp³-hybridized carbons (Fsp3) is 0.500. The number of phenols is 2. The minimum Gasteiger partial charge on any atom is -0.508 e. The van der Waals surface area contributed by atoms with Gasteiger partial charge in [0.2, 0.25) is 11.8 Å². The minimum absolute atomic E-state index is 0.0983. The SMILES string of the molecule is CCC(CC(C)(C(=O)N[C@@H](Cc1ccc(O)cc1)C(=O)NCCc1ccc(O)cc1)C(C)C)C(=O)OCCO. The molecule has 2 rings (SSSR count). The van der Waals surface area contributed by atoms with E-state index >= 15 is 0 Å². The number of amides is 2. The van der Waals surface area contributed by atoms with Crippen LogP contribution in [0.25, 0.3) is 0 Å². The van der Waals surface area contributed by atoms with Crippen LogP contribution in [0.5, 0.6) is 11.5 Å². The van der Waals surface area contributed by atoms with Crippen molar-refractivity contribution >= 4 is 17.8 Å². The Kier molecular flexibility index (Phi) is 12.3. The molecule has 0 heterocycles. The summed E-state index contributed by atoms with van der Waals surface area (Å²) in [6.07, 6.45) is 1.45. The molecule has 3 atom stereocenters. The normalized spacial score (nSPS) is 14.2. The highest BCUT2D eigenvalue weighted by Gasteiger charge is 2.41. The van der Waals surface area contributed by atoms with E-state index in [-0.39, 0.29) is 55.3 Å². The van der Waals surface area contributed by atoms with Gasteiger partial charge in [-0.05, 0) is 60.6 Å². The van der Waals surface area contributed by atoms with Crippen molar-refractivity contribution in [1.82, 2.24) is 10.6 Å². The molecule has 0 saturated heterocycles. The van der Waals surface area contributed by atoms with Gasteiger partial charge in [-0.25, -0.2) is 0 Å². The minimum atomic E-state index is -0.974. The number of phenolic OH excluding ortho intramolecular Hbond substituents is 2. The molecular formula is C30H42N2O7. The number of aliphatic hydroxyl groups is 1. The summed E-state index contributed by atoms with van der Waals surface area (Å²) < 4.78 is 5.13. The first kappa shape index (κ1) is 31.6. The van der Waals surface area contributed by atoms with Crippen LogP contribution in [0.3, 0.4) is 0 Å². The van der Waals surface area contributed by atoms with Crippen LogP contribution in [0.1, 0.15) is 51.7 Å². The fourth-order valence-corrected chi connectivity index (χ4v) is 4.28. The third-order valence-electron chi connectivity index (χ3n) is 7.27. The van der Waals surface area contributed by atoms with E-state index in [1.807, 2.05) is 20.8 Å². The van der Waals surface area contributed by atoms with Crippen LogP contribution >= 0.6 is 0 Å². The third-order valence-corrected chi connectivity index (χ3v) is 7.27. The van der Waals surface area contributed by atoms with Crippen molar-refractivity contribution in [3.05, 3.63) is 59.7 Å². The van der Waals surface area contributed by atoms with Gasteiger partial charge >= 0.3 is 5.97 Å². The van der Waals surface area contributed by atoms with Crippen LogP contribution in [0.4, 0.5) is 0 Å². The number of aromatic hydroxyl groups is 2. The Morgan fingerprint density at radius 1 is 0.949 bits per heavy atom. The molecule has 0 radical (unpaired) electrons. The van der Waals surface area contributed by atoms with Crippen molar-refractivity contribution in [2.45, 2.75) is 59.4 Å². The second-order valence-electron chi connectivity index (χ2n) is 10.4. The Morgan fingerprint density at radius 2 is 1.51 bits per heavy atom. The van der Waals surface area contributed by atoms with Crippen molar-refractivity contribution in [2.75, 3.05) is 19.8 Å². The lowest BCUT2D eigenvalue weighted by Gasteiger charge is -2.36. The standard InChI is InChI=1S/C30H42N2O7/c1-5-23(28(37)39-17-16-33)19-30(4,20(2)3)29(38)32-26(18-22-8-12-25(35)13-9-22)27(36)31-15-14-21-6-10-24(34)11-7-21/h6-13,20,23,26,33-35H,5,14-19H2,1-4H3,(H,31,36)(H,32,38)/t23?,26-,30?/m0/s1. The average molecular weight is 543 g/mol. The Hall–Kier alpha value is -3.59. The summed E-state index contributed by atoms with van der Waals surface area (Å²) in [4.78, 5) is 39.6. The van der Waals surface area contributed by atoms with Crippen molar-refractivity contribution in [3.8, 4) is 11.5 Å². The van der Waals surface area contributed by atoms with Crippen LogP contribution in [0.2, 0.25) is 0 Å². The number of carbonyl (C=O) groups excluding carboxylic acids is 3. The number of carbonyl (C=O) groups is 3. The van der Waals surface area contributed by atoms with Crippen LogP contribution in [-0.4, -0.2) is 58.9 Å². The van der Waals surface area contributed by atoms with E-state index in [2.05, 4.69) is 10.6 Å². The number of esters is 1. The van der Waals surface area contributed by atoms with E-state index in [0.29, 0.717) is 19.4 Å². The van der Waals surface area contributed by atoms with Gasteiger partial charge in [0.1, 0.15) is 24.1 Å². The van der Waals surface area contributed by atoms with Gasteiger partial charge in [0, 0.05) is 18.4 Å². The van der Waals surface area contributed by atoms with Gasteiger partial charge in [-0.15, -0.1) is 0 Å². The van der Waals surface area contributed by atoms with E-state index in [0.717, 1.165) is 11.1 Å². The van der Waals surface area contributed by atoms with Gasteiger partial charge in [0.25, 0.3) is 0 Å². The first-order chi connectivity index (χ1) is 18.5. The smallest absolute Gasteiger partial charge is 0.309 e. The highest BCUT2D eigenvalue weighted by molar-refractivity contribution is 5.90. The molecule has 9 heteroatoms. The van der Waals surface area contributed by atoms with Gasteiger partial charge in [0.15, 0.2) is 0 Å². The molecule has 0 bridgehead atoms. The van der Waals surface area contributed by atoms with Gasteiger partial charge in [-0.2, -0.15) is 0 Å². The van der Waals surface area contributed by atoms with E-state index in [1.165, 1.54) is 12.1 Å². The maximum atomic E-state index is 13.7. The van der Waals surface area contributed by atoms with Crippen molar-refractivity contribution in [3.63, 3.8) is 0 Å². The van der Waals surface area contributed by atoms with Crippen molar-refractivity contribution < 1.29 is 34.4 Å². The maximum absolute atomic E-state index is 13.7. The molecule has 0 aliphatic heterocycles. The lowest BCUT2D eigenvalue weighted by Crippen LogP contribution is -2.54. The number of rotatable bonds is 15. The highest BCUT2D eigenvalue weighted by Crippen LogP contribution is 2.36. The Labute approximate surface area is 230 Å². The van der Waals surface area contributed by atoms with Crippen molar-refractivity contribution in [2.24, 2.45) is 17.3 Å². The van der Waals surface area contributed by atoms with Crippen LogP contribution in [0.15, 0.2) is 48.5 Å². The van der Waals surface area contributed by atoms with Gasteiger partial charge < -0.3 is 30.7 Å². The second-order valence-corrected chi connectivity index (χ2v) is 10.4.